The van der Waals surface area contributed by atoms with Crippen molar-refractivity contribution in [3.05, 3.63) is 65.7 Å². The van der Waals surface area contributed by atoms with Crippen LogP contribution in [0.1, 0.15) is 119 Å². The molecule has 3 rings (SSSR count). The second-order valence-corrected chi connectivity index (χ2v) is 23.1. The Hall–Kier alpha value is -6.89. The van der Waals surface area contributed by atoms with Crippen molar-refractivity contribution < 1.29 is 62.2 Å². The lowest BCUT2D eigenvalue weighted by Crippen LogP contribution is -2.60. The largest absolute Gasteiger partial charge is 0.445 e. The number of nitrogens with two attached hydrogens (primary N) is 2. The van der Waals surface area contributed by atoms with Crippen molar-refractivity contribution in [1.82, 2.24) is 41.3 Å². The molecule has 1 aliphatic heterocycles. The summed E-state index contributed by atoms with van der Waals surface area (Å²) in [5, 5.41) is 16.5. The van der Waals surface area contributed by atoms with Crippen molar-refractivity contribution in [3.63, 3.8) is 0 Å². The second-order valence-electron chi connectivity index (χ2n) is 23.1. The van der Waals surface area contributed by atoms with Gasteiger partial charge in [0.1, 0.15) is 37.4 Å². The fraction of sp³-hybridized carbons (Fsp3) is 0.650. The lowest BCUT2D eigenvalue weighted by atomic mass is 9.89. The quantitative estimate of drug-likeness (QED) is 0.0363. The molecule has 84 heavy (non-hydrogen) atoms. The monoisotopic (exact) mass is 1180 g/mol. The highest BCUT2D eigenvalue weighted by atomic mass is 16.6. The molecule has 0 bridgehead atoms. The number of rotatable bonds is 34. The molecule has 1 saturated heterocycles. The summed E-state index contributed by atoms with van der Waals surface area (Å²) in [7, 11) is 6.17. The number of nitrogens with one attached hydrogen (secondary N) is 6. The molecule has 0 aliphatic carbocycles. The van der Waals surface area contributed by atoms with E-state index in [-0.39, 0.29) is 68.1 Å². The summed E-state index contributed by atoms with van der Waals surface area (Å²) in [5.74, 6) is -0.0534. The number of benzene rings is 2. The first kappa shape index (κ1) is 71.4. The van der Waals surface area contributed by atoms with E-state index in [2.05, 4.69) is 36.7 Å². The van der Waals surface area contributed by atoms with Crippen LogP contribution in [0.2, 0.25) is 0 Å². The first-order chi connectivity index (χ1) is 39.7. The molecule has 0 aromatic heterocycles. The molecule has 24 nitrogen and oxygen atoms in total. The second kappa shape index (κ2) is 35.4. The number of hydrogen-bond acceptors (Lipinski definition) is 14. The van der Waals surface area contributed by atoms with Crippen LogP contribution in [0.15, 0.2) is 54.6 Å². The highest BCUT2D eigenvalue weighted by Gasteiger charge is 2.44. The van der Waals surface area contributed by atoms with Crippen LogP contribution in [0, 0.1) is 29.6 Å². The van der Waals surface area contributed by atoms with Gasteiger partial charge in [-0.3, -0.25) is 43.3 Å². The van der Waals surface area contributed by atoms with Crippen LogP contribution in [-0.2, 0) is 65.6 Å². The molecule has 0 saturated carbocycles. The normalized spacial score (nSPS) is 16.8. The summed E-state index contributed by atoms with van der Waals surface area (Å²) >= 11 is 0. The van der Waals surface area contributed by atoms with E-state index in [0.717, 1.165) is 12.0 Å². The van der Waals surface area contributed by atoms with E-state index in [1.54, 1.807) is 75.9 Å². The Kier molecular flexibility index (Phi) is 30.1. The van der Waals surface area contributed by atoms with Gasteiger partial charge >= 0.3 is 12.1 Å². The molecule has 24 heteroatoms. The van der Waals surface area contributed by atoms with E-state index >= 15 is 0 Å². The number of primary amides is 1. The Bertz CT molecular complexity index is 2450. The third kappa shape index (κ3) is 21.6. The van der Waals surface area contributed by atoms with Gasteiger partial charge in [0.2, 0.25) is 41.4 Å². The molecule has 10 amide bonds. The molecule has 2 unspecified atom stereocenters. The van der Waals surface area contributed by atoms with Gasteiger partial charge in [-0.05, 0) is 86.0 Å². The molecule has 2 aromatic rings. The van der Waals surface area contributed by atoms with Crippen molar-refractivity contribution in [2.45, 2.75) is 175 Å². The Balaban J connectivity index is 1.71. The minimum atomic E-state index is -1.09. The van der Waals surface area contributed by atoms with E-state index in [1.165, 1.54) is 19.1 Å². The third-order valence-corrected chi connectivity index (χ3v) is 15.5. The van der Waals surface area contributed by atoms with Crippen molar-refractivity contribution in [3.8, 4) is 0 Å². The molecule has 1 fully saturated rings. The molecule has 10 N–H and O–H groups in total. The van der Waals surface area contributed by atoms with E-state index < -0.39 is 108 Å². The number of likely N-dealkylation sites (tertiary alicyclic amines) is 1. The van der Waals surface area contributed by atoms with Gasteiger partial charge in [-0.25, -0.2) is 15.5 Å². The number of carbonyl (C=O) groups is 9. The van der Waals surface area contributed by atoms with Crippen LogP contribution in [0.5, 0.6) is 0 Å². The van der Waals surface area contributed by atoms with Gasteiger partial charge < -0.3 is 61.6 Å². The molecule has 1 heterocycles. The van der Waals surface area contributed by atoms with Gasteiger partial charge in [-0.2, -0.15) is 0 Å². The fourth-order valence-corrected chi connectivity index (χ4v) is 10.7. The zero-order valence-corrected chi connectivity index (χ0v) is 51.9. The number of hydrogen-bond donors (Lipinski definition) is 8. The number of nitrogens with zero attached hydrogens (tertiary/aromatic N) is 3. The topological polar surface area (TPSA) is 324 Å². The fourth-order valence-electron chi connectivity index (χ4n) is 10.7. The summed E-state index contributed by atoms with van der Waals surface area (Å²) in [6.07, 6.45) is 0.879. The standard InChI is InChI=1S/C60H97N11O13/c1-15-38(8)52(46(81-13)32-48(73)71-30-20-24-45(71)53(82-14)40(10)54(74)64-39(9)31-41-21-17-16-18-22-41)69(11)58(78)50(36(4)5)68-57(77)51(37(6)7)70(12)60(80)83-33-42-25-27-43(28-26-42)65-55(75)44(23-19-29-63-59(61)79)66-56(76)49(35(2)3)67-47(72)34-84-62/h16-18,21-22,25-28,35-40,44-46,49-53H,15,19-20,23-24,29-34,62H2,1-14H3,(H,64,74)(H,65,75)(H,66,76)(H,67,72)(H,68,77)(H3,61,63,79)/t38-,39+,40+,44-,45-,46+,49?,50-,51?,52-,53+/m0/s1. The average Bonchev–Trinajstić information content (AvgIpc) is 3.67. The van der Waals surface area contributed by atoms with Gasteiger partial charge in [0.15, 0.2) is 0 Å². The Morgan fingerprint density at radius 1 is 0.726 bits per heavy atom. The maximum atomic E-state index is 14.8. The minimum absolute atomic E-state index is 0.0509. The number of anilines is 1. The average molecular weight is 1180 g/mol. The number of amides is 10. The van der Waals surface area contributed by atoms with Gasteiger partial charge in [0.05, 0.1) is 36.6 Å². The number of urea groups is 1. The van der Waals surface area contributed by atoms with Crippen molar-refractivity contribution in [2.75, 3.05) is 53.3 Å². The van der Waals surface area contributed by atoms with Crippen molar-refractivity contribution in [1.29, 1.82) is 0 Å². The van der Waals surface area contributed by atoms with E-state index in [4.69, 9.17) is 25.8 Å². The summed E-state index contributed by atoms with van der Waals surface area (Å²) in [5.41, 5.74) is 7.19. The van der Waals surface area contributed by atoms with Crippen LogP contribution in [-0.4, -0.2) is 171 Å². The summed E-state index contributed by atoms with van der Waals surface area (Å²) < 4.78 is 17.7. The molecular weight excluding hydrogens is 1080 g/mol. The zero-order chi connectivity index (χ0) is 63.0. The van der Waals surface area contributed by atoms with Gasteiger partial charge in [0.25, 0.3) is 0 Å². The van der Waals surface area contributed by atoms with Crippen LogP contribution in [0.3, 0.4) is 0 Å². The third-order valence-electron chi connectivity index (χ3n) is 15.5. The lowest BCUT2D eigenvalue weighted by Gasteiger charge is -2.41. The van der Waals surface area contributed by atoms with Crippen LogP contribution in [0.25, 0.3) is 0 Å². The van der Waals surface area contributed by atoms with E-state index in [0.29, 0.717) is 37.1 Å². The maximum absolute atomic E-state index is 14.8. The first-order valence-corrected chi connectivity index (χ1v) is 29.2. The Morgan fingerprint density at radius 3 is 1.93 bits per heavy atom. The summed E-state index contributed by atoms with van der Waals surface area (Å²) in [6.45, 7) is 18.3. The predicted octanol–water partition coefficient (Wildman–Crippen LogP) is 3.99. The highest BCUT2D eigenvalue weighted by molar-refractivity contribution is 5.98. The number of methoxy groups -OCH3 is 2. The number of ether oxygens (including phenoxy) is 3. The molecule has 1 aliphatic rings. The molecule has 0 radical (unpaired) electrons. The molecular formula is C60H97N11O13. The summed E-state index contributed by atoms with van der Waals surface area (Å²) in [6, 6.07) is 10.3. The Labute approximate surface area is 496 Å². The maximum Gasteiger partial charge on any atom is 0.410 e. The SMILES string of the molecule is CC[C@H](C)[C@@H]([C@@H](CC(=O)N1CCC[C@H]1[C@H](OC)[C@@H](C)C(=O)N[C@H](C)Cc1ccccc1)OC)N(C)C(=O)[C@@H](NC(=O)C(C(C)C)N(C)C(=O)OCc1ccc(NC(=O)[C@H](CCCNC(N)=O)NC(=O)C(NC(=O)CON)C(C)C)cc1)C(C)C. The summed E-state index contributed by atoms with van der Waals surface area (Å²) in [4.78, 5) is 130. The lowest BCUT2D eigenvalue weighted by molar-refractivity contribution is -0.148. The van der Waals surface area contributed by atoms with Gasteiger partial charge in [-0.15, -0.1) is 0 Å². The van der Waals surface area contributed by atoms with Crippen LogP contribution >= 0.6 is 0 Å². The van der Waals surface area contributed by atoms with Crippen LogP contribution < -0.4 is 43.5 Å². The zero-order valence-electron chi connectivity index (χ0n) is 51.9. The smallest absolute Gasteiger partial charge is 0.410 e. The van der Waals surface area contributed by atoms with E-state index in [9.17, 15) is 43.2 Å². The van der Waals surface area contributed by atoms with Crippen LogP contribution in [0.4, 0.5) is 15.3 Å². The number of likely N-dealkylation sites (N-methyl/N-ethyl adjacent to an activating group) is 2. The molecule has 470 valence electrons. The van der Waals surface area contributed by atoms with E-state index in [1.807, 2.05) is 71.9 Å². The molecule has 11 atom stereocenters. The van der Waals surface area contributed by atoms with Gasteiger partial charge in [0, 0.05) is 53.1 Å². The highest BCUT2D eigenvalue weighted by Crippen LogP contribution is 2.30. The molecule has 0 spiro atoms. The first-order valence-electron chi connectivity index (χ1n) is 29.2. The van der Waals surface area contributed by atoms with Crippen molar-refractivity contribution >= 4 is 59.2 Å². The van der Waals surface area contributed by atoms with Crippen molar-refractivity contribution in [2.24, 2.45) is 41.2 Å². The number of carbonyl (C=O) groups excluding carboxylic acids is 9. The minimum Gasteiger partial charge on any atom is -0.445 e. The Morgan fingerprint density at radius 2 is 1.37 bits per heavy atom. The predicted molar refractivity (Wildman–Crippen MR) is 318 cm³/mol. The molecule has 2 aromatic carbocycles. The van der Waals surface area contributed by atoms with Gasteiger partial charge in [-0.1, -0.05) is 111 Å².